The Bertz CT molecular complexity index is 724. The average Bonchev–Trinajstić information content (AvgIpc) is 3.04. The van der Waals surface area contributed by atoms with Crippen LogP contribution in [0.25, 0.3) is 0 Å². The maximum Gasteiger partial charge on any atom is 0.173 e. The summed E-state index contributed by atoms with van der Waals surface area (Å²) in [6, 6.07) is 17.6. The predicted octanol–water partition coefficient (Wildman–Crippen LogP) is 3.52. The standard InChI is InChI=1S/C19H18N2OS/c1-2-15-7-6-8-16(13-15)20-19(23)21-12-11-18(14-21)22-17-9-4-3-5-10-17/h1,3-10,13,18H,11-12,14H2,(H,20,23)/t18-/m0/s1. The van der Waals surface area contributed by atoms with Gasteiger partial charge in [0.15, 0.2) is 5.11 Å². The number of likely N-dealkylation sites (tertiary alicyclic amines) is 1. The number of thiocarbonyl (C=S) groups is 1. The van der Waals surface area contributed by atoms with Crippen molar-refractivity contribution in [2.45, 2.75) is 12.5 Å². The minimum atomic E-state index is 0.161. The van der Waals surface area contributed by atoms with Crippen molar-refractivity contribution in [2.24, 2.45) is 0 Å². The molecule has 2 aromatic rings. The molecule has 0 saturated carbocycles. The number of hydrogen-bond donors (Lipinski definition) is 1. The van der Waals surface area contributed by atoms with Crippen LogP contribution < -0.4 is 10.1 Å². The van der Waals surface area contributed by atoms with Crippen molar-refractivity contribution in [3.05, 3.63) is 60.2 Å². The van der Waals surface area contributed by atoms with Crippen LogP contribution >= 0.6 is 12.2 Å². The van der Waals surface area contributed by atoms with Crippen LogP contribution in [0.1, 0.15) is 12.0 Å². The van der Waals surface area contributed by atoms with Gasteiger partial charge in [0.25, 0.3) is 0 Å². The highest BCUT2D eigenvalue weighted by Gasteiger charge is 2.25. The smallest absolute Gasteiger partial charge is 0.173 e. The van der Waals surface area contributed by atoms with E-state index in [9.17, 15) is 0 Å². The zero-order valence-corrected chi connectivity index (χ0v) is 13.6. The molecule has 1 fully saturated rings. The van der Waals surface area contributed by atoms with Gasteiger partial charge >= 0.3 is 0 Å². The fourth-order valence-corrected chi connectivity index (χ4v) is 2.87. The molecule has 0 unspecified atom stereocenters. The largest absolute Gasteiger partial charge is 0.489 e. The number of terminal acetylenes is 1. The van der Waals surface area contributed by atoms with Crippen LogP contribution in [0.2, 0.25) is 0 Å². The van der Waals surface area contributed by atoms with Crippen molar-refractivity contribution in [1.82, 2.24) is 4.90 Å². The fourth-order valence-electron chi connectivity index (χ4n) is 2.59. The van der Waals surface area contributed by atoms with Gasteiger partial charge in [-0.1, -0.05) is 30.2 Å². The van der Waals surface area contributed by atoms with Crippen LogP contribution in [0.5, 0.6) is 5.75 Å². The van der Waals surface area contributed by atoms with Crippen LogP contribution in [0, 0.1) is 12.3 Å². The van der Waals surface area contributed by atoms with E-state index in [1.165, 1.54) is 0 Å². The molecule has 1 heterocycles. The van der Waals surface area contributed by atoms with E-state index in [0.717, 1.165) is 36.5 Å². The van der Waals surface area contributed by atoms with Crippen LogP contribution in [0.3, 0.4) is 0 Å². The Hall–Kier alpha value is -2.51. The maximum atomic E-state index is 5.99. The van der Waals surface area contributed by atoms with Crippen molar-refractivity contribution in [3.8, 4) is 18.1 Å². The highest BCUT2D eigenvalue weighted by Crippen LogP contribution is 2.19. The number of para-hydroxylation sites is 1. The van der Waals surface area contributed by atoms with Gasteiger partial charge in [0.05, 0.1) is 6.54 Å². The molecule has 1 aliphatic rings. The topological polar surface area (TPSA) is 24.5 Å². The molecule has 3 rings (SSSR count). The van der Waals surface area contributed by atoms with E-state index in [0.29, 0.717) is 5.11 Å². The third-order valence-corrected chi connectivity index (χ3v) is 4.12. The first-order valence-corrected chi connectivity index (χ1v) is 8.00. The summed E-state index contributed by atoms with van der Waals surface area (Å²) in [5.74, 6) is 3.53. The lowest BCUT2D eigenvalue weighted by atomic mass is 10.2. The summed E-state index contributed by atoms with van der Waals surface area (Å²) in [5.41, 5.74) is 1.75. The van der Waals surface area contributed by atoms with E-state index in [1.54, 1.807) is 0 Å². The van der Waals surface area contributed by atoms with E-state index in [-0.39, 0.29) is 6.10 Å². The first-order valence-electron chi connectivity index (χ1n) is 7.59. The molecule has 1 N–H and O–H groups in total. The Labute approximate surface area is 142 Å². The average molecular weight is 322 g/mol. The summed E-state index contributed by atoms with van der Waals surface area (Å²) in [7, 11) is 0. The second kappa shape index (κ2) is 7.17. The van der Waals surface area contributed by atoms with Crippen LogP contribution in [-0.2, 0) is 0 Å². The molecule has 0 radical (unpaired) electrons. The molecule has 0 spiro atoms. The maximum absolute atomic E-state index is 5.99. The molecule has 116 valence electrons. The monoisotopic (exact) mass is 322 g/mol. The quantitative estimate of drug-likeness (QED) is 0.690. The first kappa shape index (κ1) is 15.4. The molecule has 3 nitrogen and oxygen atoms in total. The van der Waals surface area contributed by atoms with Crippen molar-refractivity contribution in [2.75, 3.05) is 18.4 Å². The second-order valence-electron chi connectivity index (χ2n) is 5.44. The van der Waals surface area contributed by atoms with Gasteiger partial charge in [-0.15, -0.1) is 6.42 Å². The number of rotatable bonds is 3. The van der Waals surface area contributed by atoms with Crippen molar-refractivity contribution < 1.29 is 4.74 Å². The molecule has 1 saturated heterocycles. The molecular weight excluding hydrogens is 304 g/mol. The Morgan fingerprint density at radius 3 is 2.83 bits per heavy atom. The summed E-state index contributed by atoms with van der Waals surface area (Å²) in [5, 5.41) is 3.96. The molecule has 0 amide bonds. The van der Waals surface area contributed by atoms with E-state index in [2.05, 4.69) is 16.1 Å². The van der Waals surface area contributed by atoms with Gasteiger partial charge < -0.3 is 15.0 Å². The van der Waals surface area contributed by atoms with E-state index >= 15 is 0 Å². The predicted molar refractivity (Wildman–Crippen MR) is 97.6 cm³/mol. The normalized spacial score (nSPS) is 16.7. The number of nitrogens with zero attached hydrogens (tertiary/aromatic N) is 1. The lowest BCUT2D eigenvalue weighted by Crippen LogP contribution is -2.34. The Morgan fingerprint density at radius 1 is 1.22 bits per heavy atom. The number of nitrogens with one attached hydrogen (secondary N) is 1. The van der Waals surface area contributed by atoms with Gasteiger partial charge in [0.1, 0.15) is 11.9 Å². The number of benzene rings is 2. The minimum Gasteiger partial charge on any atom is -0.489 e. The van der Waals surface area contributed by atoms with Gasteiger partial charge in [-0.2, -0.15) is 0 Å². The summed E-state index contributed by atoms with van der Waals surface area (Å²) < 4.78 is 5.99. The highest BCUT2D eigenvalue weighted by molar-refractivity contribution is 7.80. The Kier molecular flexibility index (Phi) is 4.80. The molecule has 0 aliphatic carbocycles. The SMILES string of the molecule is C#Cc1cccc(NC(=S)N2CC[C@H](Oc3ccccc3)C2)c1. The molecule has 1 atom stereocenters. The third kappa shape index (κ3) is 4.02. The Balaban J connectivity index is 1.56. The zero-order chi connectivity index (χ0) is 16.1. The minimum absolute atomic E-state index is 0.161. The van der Waals surface area contributed by atoms with Crippen molar-refractivity contribution >= 4 is 23.0 Å². The summed E-state index contributed by atoms with van der Waals surface area (Å²) in [4.78, 5) is 2.13. The number of anilines is 1. The number of hydrogen-bond acceptors (Lipinski definition) is 2. The third-order valence-electron chi connectivity index (χ3n) is 3.76. The van der Waals surface area contributed by atoms with E-state index in [4.69, 9.17) is 23.4 Å². The summed E-state index contributed by atoms with van der Waals surface area (Å²) >= 11 is 5.50. The summed E-state index contributed by atoms with van der Waals surface area (Å²) in [6.07, 6.45) is 6.55. The molecule has 1 aliphatic heterocycles. The zero-order valence-electron chi connectivity index (χ0n) is 12.7. The van der Waals surface area contributed by atoms with Gasteiger partial charge in [0, 0.05) is 24.2 Å². The lowest BCUT2D eigenvalue weighted by Gasteiger charge is -2.21. The van der Waals surface area contributed by atoms with Crippen LogP contribution in [0.4, 0.5) is 5.69 Å². The van der Waals surface area contributed by atoms with Crippen LogP contribution in [-0.4, -0.2) is 29.2 Å². The van der Waals surface area contributed by atoms with Gasteiger partial charge in [-0.3, -0.25) is 0 Å². The molecule has 0 aromatic heterocycles. The van der Waals surface area contributed by atoms with Gasteiger partial charge in [0.2, 0.25) is 0 Å². The molecule has 4 heteroatoms. The fraction of sp³-hybridized carbons (Fsp3) is 0.211. The van der Waals surface area contributed by atoms with Crippen molar-refractivity contribution in [1.29, 1.82) is 0 Å². The molecular formula is C19H18N2OS. The van der Waals surface area contributed by atoms with Gasteiger partial charge in [-0.25, -0.2) is 0 Å². The highest BCUT2D eigenvalue weighted by atomic mass is 32.1. The lowest BCUT2D eigenvalue weighted by molar-refractivity contribution is 0.215. The molecule has 23 heavy (non-hydrogen) atoms. The second-order valence-corrected chi connectivity index (χ2v) is 5.83. The van der Waals surface area contributed by atoms with Crippen LogP contribution in [0.15, 0.2) is 54.6 Å². The van der Waals surface area contributed by atoms with Gasteiger partial charge in [-0.05, 0) is 42.5 Å². The molecule has 0 bridgehead atoms. The summed E-state index contributed by atoms with van der Waals surface area (Å²) in [6.45, 7) is 1.67. The number of ether oxygens (including phenoxy) is 1. The van der Waals surface area contributed by atoms with Crippen molar-refractivity contribution in [3.63, 3.8) is 0 Å². The van der Waals surface area contributed by atoms with E-state index < -0.39 is 0 Å². The Morgan fingerprint density at radius 2 is 2.04 bits per heavy atom. The molecule has 2 aromatic carbocycles. The first-order chi connectivity index (χ1) is 11.2. The van der Waals surface area contributed by atoms with E-state index in [1.807, 2.05) is 54.6 Å².